The summed E-state index contributed by atoms with van der Waals surface area (Å²) in [5, 5.41) is 9.56. The molecule has 4 aromatic rings. The molecule has 0 atom stereocenters. The van der Waals surface area contributed by atoms with E-state index in [-0.39, 0.29) is 0 Å². The summed E-state index contributed by atoms with van der Waals surface area (Å²) in [6.07, 6.45) is 1.02. The smallest absolute Gasteiger partial charge is 0.496 e. The predicted octanol–water partition coefficient (Wildman–Crippen LogP) is 5.34. The Hall–Kier alpha value is -4.31. The number of methoxy groups -OCH3 is 2. The third kappa shape index (κ3) is 5.14. The molecule has 0 radical (unpaired) electrons. The van der Waals surface area contributed by atoms with Gasteiger partial charge < -0.3 is 24.4 Å². The third-order valence-electron chi connectivity index (χ3n) is 5.84. The summed E-state index contributed by atoms with van der Waals surface area (Å²) in [6, 6.07) is 15.6. The van der Waals surface area contributed by atoms with Gasteiger partial charge in [0.25, 0.3) is 0 Å². The molecule has 0 amide bonds. The molecular weight excluding hydrogens is 474 g/mol. The number of hydroxylamine groups is 2. The van der Waals surface area contributed by atoms with Crippen molar-refractivity contribution in [2.75, 3.05) is 19.5 Å². The van der Waals surface area contributed by atoms with Crippen molar-refractivity contribution in [3.05, 3.63) is 65.9 Å². The van der Waals surface area contributed by atoms with E-state index in [1.807, 2.05) is 53.0 Å². The summed E-state index contributed by atoms with van der Waals surface area (Å²) in [4.78, 5) is 22.0. The highest BCUT2D eigenvalue weighted by Crippen LogP contribution is 2.35. The number of benzene rings is 2. The maximum absolute atomic E-state index is 12.1. The lowest BCUT2D eigenvalue weighted by atomic mass is 10.1. The third-order valence-corrected chi connectivity index (χ3v) is 5.84. The number of nitrogens with zero attached hydrogens (tertiary/aromatic N) is 4. The number of hydrogen-bond donors (Lipinski definition) is 1. The van der Waals surface area contributed by atoms with E-state index in [9.17, 15) is 4.79 Å². The highest BCUT2D eigenvalue weighted by atomic mass is 16.8. The number of ether oxygens (including phenoxy) is 3. The first-order valence-corrected chi connectivity index (χ1v) is 11.8. The molecule has 192 valence electrons. The molecule has 0 spiro atoms. The van der Waals surface area contributed by atoms with E-state index in [1.54, 1.807) is 46.3 Å². The highest BCUT2D eigenvalue weighted by Gasteiger charge is 2.27. The summed E-state index contributed by atoms with van der Waals surface area (Å²) in [5.74, 6) is 1.78. The monoisotopic (exact) mass is 503 g/mol. The van der Waals surface area contributed by atoms with Crippen LogP contribution in [-0.2, 0) is 22.7 Å². The van der Waals surface area contributed by atoms with Gasteiger partial charge in [-0.2, -0.15) is 0 Å². The molecule has 1 N–H and O–H groups in total. The van der Waals surface area contributed by atoms with Gasteiger partial charge in [-0.25, -0.2) is 14.3 Å². The Balaban J connectivity index is 1.40. The topological polar surface area (TPSA) is 99.5 Å². The Morgan fingerprint density at radius 1 is 0.973 bits per heavy atom. The van der Waals surface area contributed by atoms with Crippen molar-refractivity contribution >= 4 is 23.3 Å². The van der Waals surface area contributed by atoms with Crippen LogP contribution in [0.4, 0.5) is 16.4 Å². The van der Waals surface area contributed by atoms with Crippen molar-refractivity contribution in [2.45, 2.75) is 39.5 Å². The van der Waals surface area contributed by atoms with Gasteiger partial charge >= 0.3 is 6.16 Å². The van der Waals surface area contributed by atoms with Gasteiger partial charge in [-0.3, -0.25) is 0 Å². The molecule has 3 heterocycles. The van der Waals surface area contributed by atoms with Crippen molar-refractivity contribution in [1.82, 2.24) is 19.7 Å². The summed E-state index contributed by atoms with van der Waals surface area (Å²) in [5.41, 5.74) is 4.71. The molecule has 5 rings (SSSR count). The zero-order chi connectivity index (χ0) is 26.2. The Morgan fingerprint density at radius 3 is 2.43 bits per heavy atom. The second-order valence-electron chi connectivity index (χ2n) is 9.64. The lowest BCUT2D eigenvalue weighted by Gasteiger charge is -2.21. The molecule has 0 unspecified atom stereocenters. The lowest BCUT2D eigenvalue weighted by molar-refractivity contribution is -0.147. The average Bonchev–Trinajstić information content (AvgIpc) is 3.44. The number of hydrogen-bond acceptors (Lipinski definition) is 9. The zero-order valence-corrected chi connectivity index (χ0v) is 21.4. The molecular formula is C27H29N5O5. The van der Waals surface area contributed by atoms with Crippen molar-refractivity contribution < 1.29 is 23.8 Å². The van der Waals surface area contributed by atoms with Crippen molar-refractivity contribution in [3.63, 3.8) is 0 Å². The fourth-order valence-electron chi connectivity index (χ4n) is 4.24. The SMILES string of the molecule is COc1cc2c(cc1Nc1ncc3ccc(-c4ccccc4OC)n3n1)CN(OC(=O)OC(C)(C)C)C2. The number of aromatic nitrogens is 3. The molecule has 2 aromatic carbocycles. The highest BCUT2D eigenvalue weighted by molar-refractivity contribution is 5.72. The van der Waals surface area contributed by atoms with Crippen LogP contribution in [0, 0.1) is 0 Å². The van der Waals surface area contributed by atoms with E-state index in [0.717, 1.165) is 33.7 Å². The normalized spacial score (nSPS) is 13.3. The minimum atomic E-state index is -0.732. The van der Waals surface area contributed by atoms with Crippen LogP contribution >= 0.6 is 0 Å². The Bertz CT molecular complexity index is 1460. The molecule has 37 heavy (non-hydrogen) atoms. The Morgan fingerprint density at radius 2 is 1.70 bits per heavy atom. The second kappa shape index (κ2) is 9.62. The fraction of sp³-hybridized carbons (Fsp3) is 0.296. The number of fused-ring (bicyclic) bond motifs is 2. The number of anilines is 2. The van der Waals surface area contributed by atoms with Gasteiger partial charge in [0.2, 0.25) is 5.95 Å². The van der Waals surface area contributed by atoms with Gasteiger partial charge in [0.1, 0.15) is 17.1 Å². The average molecular weight is 504 g/mol. The molecule has 0 bridgehead atoms. The minimum absolute atomic E-state index is 0.401. The molecule has 0 saturated carbocycles. The first-order valence-electron chi connectivity index (χ1n) is 11.8. The van der Waals surface area contributed by atoms with Gasteiger partial charge in [0, 0.05) is 5.56 Å². The predicted molar refractivity (Wildman–Crippen MR) is 138 cm³/mol. The molecule has 0 fully saturated rings. The zero-order valence-electron chi connectivity index (χ0n) is 21.4. The molecule has 10 nitrogen and oxygen atoms in total. The lowest BCUT2D eigenvalue weighted by Crippen LogP contribution is -2.29. The van der Waals surface area contributed by atoms with Gasteiger partial charge in [-0.15, -0.1) is 10.2 Å². The number of carbonyl (C=O) groups excluding carboxylic acids is 1. The molecule has 0 aliphatic carbocycles. The van der Waals surface area contributed by atoms with E-state index in [4.69, 9.17) is 24.1 Å². The van der Waals surface area contributed by atoms with Crippen LogP contribution in [0.3, 0.4) is 0 Å². The van der Waals surface area contributed by atoms with Crippen LogP contribution in [0.5, 0.6) is 11.5 Å². The minimum Gasteiger partial charge on any atom is -0.496 e. The van der Waals surface area contributed by atoms with Crippen molar-refractivity contribution in [1.29, 1.82) is 0 Å². The standard InChI is InChI=1S/C27H29N5O5/c1-27(2,3)36-26(33)37-31-15-17-12-21(24(35-5)13-18(17)16-31)29-25-28-14-19-10-11-22(32(19)30-25)20-8-6-7-9-23(20)34-4/h6-14H,15-16H2,1-5H3,(H,29,30). The van der Waals surface area contributed by atoms with Crippen LogP contribution in [0.15, 0.2) is 54.7 Å². The van der Waals surface area contributed by atoms with Gasteiger partial charge in [-0.1, -0.05) is 12.1 Å². The Kier molecular flexibility index (Phi) is 6.34. The van der Waals surface area contributed by atoms with Gasteiger partial charge in [-0.05, 0) is 68.3 Å². The van der Waals surface area contributed by atoms with Crippen molar-refractivity contribution in [2.24, 2.45) is 0 Å². The van der Waals surface area contributed by atoms with Crippen molar-refractivity contribution in [3.8, 4) is 22.8 Å². The number of rotatable bonds is 6. The fourth-order valence-corrected chi connectivity index (χ4v) is 4.24. The largest absolute Gasteiger partial charge is 0.528 e. The Labute approximate surface area is 214 Å². The number of nitrogens with one attached hydrogen (secondary N) is 1. The van der Waals surface area contributed by atoms with Gasteiger partial charge in [0.15, 0.2) is 0 Å². The quantitative estimate of drug-likeness (QED) is 0.350. The van der Waals surface area contributed by atoms with Crippen LogP contribution in [0.1, 0.15) is 31.9 Å². The van der Waals surface area contributed by atoms with Crippen LogP contribution < -0.4 is 14.8 Å². The summed E-state index contributed by atoms with van der Waals surface area (Å²) >= 11 is 0. The molecule has 1 aliphatic rings. The summed E-state index contributed by atoms with van der Waals surface area (Å²) in [6.45, 7) is 6.23. The molecule has 0 saturated heterocycles. The van der Waals surface area contributed by atoms with Gasteiger partial charge in [0.05, 0.1) is 50.4 Å². The van der Waals surface area contributed by atoms with E-state index >= 15 is 0 Å². The van der Waals surface area contributed by atoms with Crippen LogP contribution in [0.25, 0.3) is 16.8 Å². The van der Waals surface area contributed by atoms with E-state index in [2.05, 4.69) is 10.3 Å². The first-order chi connectivity index (χ1) is 17.7. The summed E-state index contributed by atoms with van der Waals surface area (Å²) < 4.78 is 18.3. The van der Waals surface area contributed by atoms with E-state index < -0.39 is 11.8 Å². The van der Waals surface area contributed by atoms with Crippen LogP contribution in [0.2, 0.25) is 0 Å². The second-order valence-corrected chi connectivity index (χ2v) is 9.64. The van der Waals surface area contributed by atoms with E-state index in [1.165, 1.54) is 0 Å². The molecule has 1 aliphatic heterocycles. The maximum atomic E-state index is 12.1. The first kappa shape index (κ1) is 24.4. The van der Waals surface area contributed by atoms with E-state index in [0.29, 0.717) is 30.5 Å². The molecule has 2 aromatic heterocycles. The number of carbonyl (C=O) groups is 1. The van der Waals surface area contributed by atoms with Crippen LogP contribution in [-0.4, -0.2) is 45.6 Å². The number of para-hydroxylation sites is 1. The summed E-state index contributed by atoms with van der Waals surface area (Å²) in [7, 11) is 3.25. The maximum Gasteiger partial charge on any atom is 0.528 e. The molecule has 10 heteroatoms.